The maximum absolute atomic E-state index is 12.5. The van der Waals surface area contributed by atoms with Gasteiger partial charge in [0.2, 0.25) is 6.04 Å². The van der Waals surface area contributed by atoms with Gasteiger partial charge in [-0.3, -0.25) is 9.59 Å². The number of nitrogens with one attached hydrogen (secondary N) is 3. The van der Waals surface area contributed by atoms with E-state index in [-0.39, 0.29) is 35.2 Å². The summed E-state index contributed by atoms with van der Waals surface area (Å²) in [6.45, 7) is 1.12. The largest absolute Gasteiger partial charge is 1.00 e. The van der Waals surface area contributed by atoms with Gasteiger partial charge in [-0.2, -0.15) is 10.2 Å². The number of aromatic nitrogens is 2. The molecule has 1 aromatic heterocycles. The number of carbonyl (C=O) groups excluding carboxylic acids is 2. The van der Waals surface area contributed by atoms with Crippen molar-refractivity contribution in [3.63, 3.8) is 0 Å². The van der Waals surface area contributed by atoms with E-state index in [1.807, 2.05) is 0 Å². The summed E-state index contributed by atoms with van der Waals surface area (Å²) in [5.74, 6) is -1.47. The van der Waals surface area contributed by atoms with Gasteiger partial charge in [-0.25, -0.2) is 13.2 Å². The van der Waals surface area contributed by atoms with E-state index < -0.39 is 38.4 Å². The van der Waals surface area contributed by atoms with Gasteiger partial charge in [0.1, 0.15) is 15.8 Å². The standard InChI is InChI=1S/C17H15N5O6S.Na/c1-9(23)15(22-21-12-4-2-3-5-14(12)29(26,27)28)16(24)18-10-6-7-11-13(8-10)20-17(25)19-11;/h2-8,15H,1H3,(H,18,24)(H2,19,20,25)(H,26,27,28);/q;+1/p-1. The first kappa shape index (κ1) is 23.6. The molecule has 1 atom stereocenters. The van der Waals surface area contributed by atoms with E-state index in [0.717, 1.165) is 13.0 Å². The van der Waals surface area contributed by atoms with Crippen molar-refractivity contribution in [3.8, 4) is 0 Å². The van der Waals surface area contributed by atoms with E-state index in [1.165, 1.54) is 30.3 Å². The first-order chi connectivity index (χ1) is 13.6. The number of rotatable bonds is 6. The maximum atomic E-state index is 12.5. The Hall–Kier alpha value is -2.64. The topological polar surface area (TPSA) is 177 Å². The second-order valence-electron chi connectivity index (χ2n) is 5.98. The molecule has 13 heteroatoms. The molecule has 30 heavy (non-hydrogen) atoms. The van der Waals surface area contributed by atoms with Crippen LogP contribution < -0.4 is 40.6 Å². The van der Waals surface area contributed by atoms with Crippen LogP contribution in [-0.2, 0) is 19.7 Å². The number of amides is 1. The van der Waals surface area contributed by atoms with E-state index in [0.29, 0.717) is 16.7 Å². The molecule has 1 amide bonds. The first-order valence-corrected chi connectivity index (χ1v) is 9.55. The third-order valence-corrected chi connectivity index (χ3v) is 4.72. The number of nitrogens with zero attached hydrogens (tertiary/aromatic N) is 2. The van der Waals surface area contributed by atoms with Gasteiger partial charge in [-0.05, 0) is 37.3 Å². The molecule has 2 aromatic carbocycles. The number of anilines is 1. The van der Waals surface area contributed by atoms with Crippen LogP contribution >= 0.6 is 0 Å². The third kappa shape index (κ3) is 5.49. The van der Waals surface area contributed by atoms with Crippen molar-refractivity contribution in [2.24, 2.45) is 10.2 Å². The van der Waals surface area contributed by atoms with Crippen molar-refractivity contribution >= 4 is 44.2 Å². The Morgan fingerprint density at radius 1 is 1.10 bits per heavy atom. The Bertz CT molecular complexity index is 1300. The normalized spacial score (nSPS) is 12.5. The van der Waals surface area contributed by atoms with Crippen molar-refractivity contribution in [1.82, 2.24) is 9.97 Å². The number of hydrogen-bond acceptors (Lipinski definition) is 8. The van der Waals surface area contributed by atoms with E-state index in [2.05, 4.69) is 25.5 Å². The fraction of sp³-hybridized carbons (Fsp3) is 0.118. The summed E-state index contributed by atoms with van der Waals surface area (Å²) >= 11 is 0. The summed E-state index contributed by atoms with van der Waals surface area (Å²) in [6, 6.07) is 8.02. The average Bonchev–Trinajstić information content (AvgIpc) is 3.00. The molecule has 0 spiro atoms. The van der Waals surface area contributed by atoms with Crippen molar-refractivity contribution in [1.29, 1.82) is 0 Å². The fourth-order valence-electron chi connectivity index (χ4n) is 2.51. The number of benzene rings is 2. The van der Waals surface area contributed by atoms with Crippen LogP contribution in [0.5, 0.6) is 0 Å². The molecule has 0 saturated carbocycles. The Morgan fingerprint density at radius 2 is 1.77 bits per heavy atom. The number of imidazole rings is 1. The van der Waals surface area contributed by atoms with Crippen molar-refractivity contribution < 1.29 is 52.1 Å². The number of H-pyrrole nitrogens is 2. The molecule has 11 nitrogen and oxygen atoms in total. The molecule has 3 N–H and O–H groups in total. The minimum absolute atomic E-state index is 0. The Labute approximate surface area is 192 Å². The second-order valence-corrected chi connectivity index (χ2v) is 7.33. The average molecular weight is 439 g/mol. The minimum atomic E-state index is -4.81. The summed E-state index contributed by atoms with van der Waals surface area (Å²) in [4.78, 5) is 40.1. The van der Waals surface area contributed by atoms with Crippen molar-refractivity contribution in [2.45, 2.75) is 17.9 Å². The zero-order chi connectivity index (χ0) is 21.2. The van der Waals surface area contributed by atoms with Gasteiger partial charge in [-0.1, -0.05) is 12.1 Å². The zero-order valence-electron chi connectivity index (χ0n) is 15.9. The molecule has 0 bridgehead atoms. The molecule has 1 unspecified atom stereocenters. The summed E-state index contributed by atoms with van der Waals surface area (Å²) in [5.41, 5.74) is 0.579. The molecular formula is C17H14N5NaO6S. The summed E-state index contributed by atoms with van der Waals surface area (Å²) < 4.78 is 33.9. The molecule has 0 saturated heterocycles. The molecular weight excluding hydrogens is 425 g/mol. The quantitative estimate of drug-likeness (QED) is 0.181. The number of hydrogen-bond donors (Lipinski definition) is 3. The molecule has 0 aliphatic carbocycles. The van der Waals surface area contributed by atoms with Gasteiger partial charge in [0.15, 0.2) is 5.78 Å². The van der Waals surface area contributed by atoms with Crippen LogP contribution in [0.15, 0.2) is 62.4 Å². The van der Waals surface area contributed by atoms with Gasteiger partial charge in [-0.15, -0.1) is 0 Å². The first-order valence-electron chi connectivity index (χ1n) is 8.14. The van der Waals surface area contributed by atoms with Gasteiger partial charge in [0, 0.05) is 5.69 Å². The number of aromatic amines is 2. The summed E-state index contributed by atoms with van der Waals surface area (Å²) in [7, 11) is -4.81. The SMILES string of the molecule is CC(=O)C(N=Nc1ccccc1S(=O)(=O)[O-])C(=O)Nc1ccc2[nH]c(=O)[nH]c2c1.[Na+]. The third-order valence-electron chi connectivity index (χ3n) is 3.83. The minimum Gasteiger partial charge on any atom is -0.744 e. The predicted octanol–water partition coefficient (Wildman–Crippen LogP) is -1.56. The molecule has 0 aliphatic heterocycles. The molecule has 3 aromatic rings. The number of fused-ring (bicyclic) bond motifs is 1. The number of Topliss-reactive ketones (excluding diaryl/α,β-unsaturated/α-hetero) is 1. The number of azo groups is 1. The van der Waals surface area contributed by atoms with E-state index in [4.69, 9.17) is 0 Å². The monoisotopic (exact) mass is 439 g/mol. The van der Waals surface area contributed by atoms with Crippen LogP contribution in [0.4, 0.5) is 11.4 Å². The fourth-order valence-corrected chi connectivity index (χ4v) is 3.12. The van der Waals surface area contributed by atoms with E-state index >= 15 is 0 Å². The van der Waals surface area contributed by atoms with Crippen LogP contribution in [0.25, 0.3) is 11.0 Å². The van der Waals surface area contributed by atoms with Crippen molar-refractivity contribution in [2.75, 3.05) is 5.32 Å². The summed E-state index contributed by atoms with van der Waals surface area (Å²) in [6.07, 6.45) is 0. The van der Waals surface area contributed by atoms with Gasteiger partial charge in [0.25, 0.3) is 5.91 Å². The van der Waals surface area contributed by atoms with Crippen LogP contribution in [-0.4, -0.2) is 40.7 Å². The Morgan fingerprint density at radius 3 is 2.43 bits per heavy atom. The summed E-state index contributed by atoms with van der Waals surface area (Å²) in [5, 5.41) is 9.72. The molecule has 3 rings (SSSR count). The Balaban J connectivity index is 0.00000320. The van der Waals surface area contributed by atoms with Gasteiger partial charge in [0.05, 0.1) is 15.9 Å². The second kappa shape index (κ2) is 9.45. The predicted molar refractivity (Wildman–Crippen MR) is 101 cm³/mol. The van der Waals surface area contributed by atoms with Crippen molar-refractivity contribution in [3.05, 3.63) is 52.9 Å². The molecule has 0 aliphatic rings. The number of carbonyl (C=O) groups is 2. The van der Waals surface area contributed by atoms with Gasteiger partial charge < -0.3 is 19.8 Å². The molecule has 0 radical (unpaired) electrons. The molecule has 150 valence electrons. The van der Waals surface area contributed by atoms with Crippen LogP contribution in [0, 0.1) is 0 Å². The molecule has 1 heterocycles. The van der Waals surface area contributed by atoms with Crippen LogP contribution in [0.2, 0.25) is 0 Å². The smallest absolute Gasteiger partial charge is 0.744 e. The van der Waals surface area contributed by atoms with Crippen LogP contribution in [0.3, 0.4) is 0 Å². The molecule has 0 fully saturated rings. The maximum Gasteiger partial charge on any atom is 1.00 e. The Kier molecular flexibility index (Phi) is 7.44. The van der Waals surface area contributed by atoms with Crippen LogP contribution in [0.1, 0.15) is 6.92 Å². The zero-order valence-corrected chi connectivity index (χ0v) is 18.7. The van der Waals surface area contributed by atoms with Gasteiger partial charge >= 0.3 is 35.2 Å². The van der Waals surface area contributed by atoms with E-state index in [9.17, 15) is 27.4 Å². The number of ketones is 1. The van der Waals surface area contributed by atoms with E-state index in [1.54, 1.807) is 6.07 Å².